The molecule has 25 heavy (non-hydrogen) atoms. The maximum Gasteiger partial charge on any atom is 0.344 e. The maximum atomic E-state index is 12.6. The van der Waals surface area contributed by atoms with Gasteiger partial charge >= 0.3 is 11.9 Å². The molecule has 8 nitrogen and oxygen atoms in total. The molecule has 0 aromatic heterocycles. The van der Waals surface area contributed by atoms with Crippen LogP contribution in [0.5, 0.6) is 5.75 Å². The molecule has 1 aromatic carbocycles. The first-order valence-corrected chi connectivity index (χ1v) is 7.68. The Bertz CT molecular complexity index is 624. The van der Waals surface area contributed by atoms with E-state index in [-0.39, 0.29) is 25.2 Å². The second-order valence-electron chi connectivity index (χ2n) is 4.94. The maximum absolute atomic E-state index is 12.6. The number of Topliss-reactive ketones (excluding diaryl/α,β-unsaturated/α-hetero) is 1. The van der Waals surface area contributed by atoms with Crippen LogP contribution in [0.1, 0.15) is 30.6 Å². The molecule has 0 aliphatic heterocycles. The van der Waals surface area contributed by atoms with E-state index in [1.807, 2.05) is 0 Å². The molecule has 1 aromatic rings. The van der Waals surface area contributed by atoms with Crippen LogP contribution < -0.4 is 10.1 Å². The zero-order valence-corrected chi connectivity index (χ0v) is 14.4. The summed E-state index contributed by atoms with van der Waals surface area (Å²) in [6.07, 6.45) is -0.483. The van der Waals surface area contributed by atoms with Crippen molar-refractivity contribution in [2.45, 2.75) is 25.8 Å². The molecule has 0 aliphatic carbocycles. The Hall–Kier alpha value is -2.90. The molecule has 0 radical (unpaired) electrons. The third kappa shape index (κ3) is 4.79. The van der Waals surface area contributed by atoms with Crippen LogP contribution in [-0.4, -0.2) is 50.0 Å². The number of ketones is 1. The van der Waals surface area contributed by atoms with Gasteiger partial charge in [-0.2, -0.15) is 0 Å². The molecule has 0 saturated carbocycles. The minimum absolute atomic E-state index is 0.0339. The van der Waals surface area contributed by atoms with Crippen LogP contribution in [0.3, 0.4) is 0 Å². The summed E-state index contributed by atoms with van der Waals surface area (Å²) < 4.78 is 14.8. The molecule has 0 aliphatic rings. The number of methoxy groups -OCH3 is 1. The molecule has 0 bridgehead atoms. The Balaban J connectivity index is 3.24. The standard InChI is InChI=1S/C17H21NO7/c1-4-24-15(21)17(18-11-19,16(22)25-5-2)10-14(20)12-7-6-8-13(9-12)23-3/h6-9,11H,4-5,10H2,1-3H3,(H,18,19). The fourth-order valence-electron chi connectivity index (χ4n) is 2.15. The molecular formula is C17H21NO7. The number of hydrogen-bond donors (Lipinski definition) is 1. The first-order chi connectivity index (χ1) is 11.9. The van der Waals surface area contributed by atoms with Crippen LogP contribution >= 0.6 is 0 Å². The van der Waals surface area contributed by atoms with E-state index < -0.39 is 29.7 Å². The second-order valence-corrected chi connectivity index (χ2v) is 4.94. The van der Waals surface area contributed by atoms with Crippen molar-refractivity contribution < 1.29 is 33.4 Å². The van der Waals surface area contributed by atoms with Gasteiger partial charge in [-0.1, -0.05) is 12.1 Å². The summed E-state index contributed by atoms with van der Waals surface area (Å²) in [7, 11) is 1.44. The van der Waals surface area contributed by atoms with Crippen LogP contribution in [0.15, 0.2) is 24.3 Å². The van der Waals surface area contributed by atoms with E-state index in [1.54, 1.807) is 26.0 Å². The second kappa shape index (κ2) is 9.41. The first-order valence-electron chi connectivity index (χ1n) is 7.68. The van der Waals surface area contributed by atoms with Crippen LogP contribution in [0.2, 0.25) is 0 Å². The largest absolute Gasteiger partial charge is 0.497 e. The number of carbonyl (C=O) groups is 4. The number of ether oxygens (including phenoxy) is 3. The topological polar surface area (TPSA) is 108 Å². The van der Waals surface area contributed by atoms with Gasteiger partial charge in [0.25, 0.3) is 0 Å². The molecule has 0 saturated heterocycles. The fourth-order valence-corrected chi connectivity index (χ4v) is 2.15. The van der Waals surface area contributed by atoms with Crippen LogP contribution in [-0.2, 0) is 23.9 Å². The molecule has 1 rings (SSSR count). The Labute approximate surface area is 145 Å². The Morgan fingerprint density at radius 3 is 2.20 bits per heavy atom. The molecular weight excluding hydrogens is 330 g/mol. The lowest BCUT2D eigenvalue weighted by atomic mass is 9.90. The van der Waals surface area contributed by atoms with Gasteiger partial charge in [0.05, 0.1) is 26.7 Å². The first kappa shape index (κ1) is 20.1. The fraction of sp³-hybridized carbons (Fsp3) is 0.412. The summed E-state index contributed by atoms with van der Waals surface area (Å²) in [6.45, 7) is 3.01. The van der Waals surface area contributed by atoms with E-state index in [4.69, 9.17) is 14.2 Å². The lowest BCUT2D eigenvalue weighted by Gasteiger charge is -2.27. The SMILES string of the molecule is CCOC(=O)C(CC(=O)c1cccc(OC)c1)(NC=O)C(=O)OCC. The minimum Gasteiger partial charge on any atom is -0.497 e. The third-order valence-electron chi connectivity index (χ3n) is 3.37. The number of nitrogens with one attached hydrogen (secondary N) is 1. The van der Waals surface area contributed by atoms with Crippen LogP contribution in [0.25, 0.3) is 0 Å². The number of rotatable bonds is 10. The van der Waals surface area contributed by atoms with Crippen molar-refractivity contribution in [2.75, 3.05) is 20.3 Å². The van der Waals surface area contributed by atoms with Gasteiger partial charge < -0.3 is 19.5 Å². The monoisotopic (exact) mass is 351 g/mol. The van der Waals surface area contributed by atoms with Crippen LogP contribution in [0, 0.1) is 0 Å². The van der Waals surface area contributed by atoms with Gasteiger partial charge in [-0.3, -0.25) is 9.59 Å². The lowest BCUT2D eigenvalue weighted by molar-refractivity contribution is -0.167. The van der Waals surface area contributed by atoms with Crippen molar-refractivity contribution >= 4 is 24.1 Å². The van der Waals surface area contributed by atoms with Gasteiger partial charge in [0.2, 0.25) is 11.9 Å². The Morgan fingerprint density at radius 1 is 1.12 bits per heavy atom. The van der Waals surface area contributed by atoms with E-state index in [9.17, 15) is 19.2 Å². The highest BCUT2D eigenvalue weighted by Gasteiger charge is 2.50. The Kier molecular flexibility index (Phi) is 7.58. The zero-order valence-electron chi connectivity index (χ0n) is 14.4. The summed E-state index contributed by atoms with van der Waals surface area (Å²) in [5.74, 6) is -2.24. The molecule has 136 valence electrons. The Morgan fingerprint density at radius 2 is 1.72 bits per heavy atom. The predicted molar refractivity (Wildman–Crippen MR) is 87.1 cm³/mol. The average Bonchev–Trinajstić information content (AvgIpc) is 2.61. The van der Waals surface area contributed by atoms with E-state index >= 15 is 0 Å². The van der Waals surface area contributed by atoms with Gasteiger partial charge in [0.1, 0.15) is 5.75 Å². The quantitative estimate of drug-likeness (QED) is 0.288. The molecule has 0 atom stereocenters. The van der Waals surface area contributed by atoms with Gasteiger partial charge in [-0.15, -0.1) is 0 Å². The molecule has 8 heteroatoms. The summed E-state index contributed by atoms with van der Waals surface area (Å²) in [5.41, 5.74) is -2.03. The number of carbonyl (C=O) groups excluding carboxylic acids is 4. The van der Waals surface area contributed by atoms with Gasteiger partial charge in [0.15, 0.2) is 5.78 Å². The summed E-state index contributed by atoms with van der Waals surface area (Å²) in [6, 6.07) is 6.21. The van der Waals surface area contributed by atoms with Gasteiger partial charge in [-0.05, 0) is 26.0 Å². The van der Waals surface area contributed by atoms with E-state index in [1.165, 1.54) is 19.2 Å². The lowest BCUT2D eigenvalue weighted by Crippen LogP contribution is -2.60. The van der Waals surface area contributed by atoms with Crippen molar-refractivity contribution in [2.24, 2.45) is 0 Å². The highest BCUT2D eigenvalue weighted by Crippen LogP contribution is 2.21. The molecule has 0 fully saturated rings. The zero-order chi connectivity index (χ0) is 18.9. The predicted octanol–water partition coefficient (Wildman–Crippen LogP) is 0.879. The third-order valence-corrected chi connectivity index (χ3v) is 3.37. The molecule has 0 unspecified atom stereocenters. The summed E-state index contributed by atoms with van der Waals surface area (Å²) in [4.78, 5) is 48.3. The van der Waals surface area contributed by atoms with E-state index in [0.29, 0.717) is 5.75 Å². The van der Waals surface area contributed by atoms with Gasteiger partial charge in [0, 0.05) is 5.56 Å². The highest BCUT2D eigenvalue weighted by molar-refractivity contribution is 6.12. The van der Waals surface area contributed by atoms with E-state index in [2.05, 4.69) is 5.32 Å². The van der Waals surface area contributed by atoms with Crippen molar-refractivity contribution in [1.29, 1.82) is 0 Å². The number of amides is 1. The molecule has 1 N–H and O–H groups in total. The highest BCUT2D eigenvalue weighted by atomic mass is 16.6. The van der Waals surface area contributed by atoms with Crippen molar-refractivity contribution in [1.82, 2.24) is 5.32 Å². The molecule has 0 spiro atoms. The summed E-state index contributed by atoms with van der Waals surface area (Å²) in [5, 5.41) is 2.11. The number of esters is 2. The molecule has 1 amide bonds. The minimum atomic E-state index is -2.24. The normalized spacial score (nSPS) is 10.5. The van der Waals surface area contributed by atoms with Crippen molar-refractivity contribution in [3.63, 3.8) is 0 Å². The van der Waals surface area contributed by atoms with Crippen molar-refractivity contribution in [3.05, 3.63) is 29.8 Å². The smallest absolute Gasteiger partial charge is 0.344 e. The van der Waals surface area contributed by atoms with Crippen LogP contribution in [0.4, 0.5) is 0 Å². The van der Waals surface area contributed by atoms with Gasteiger partial charge in [-0.25, -0.2) is 9.59 Å². The number of benzene rings is 1. The summed E-state index contributed by atoms with van der Waals surface area (Å²) >= 11 is 0. The van der Waals surface area contributed by atoms with Crippen molar-refractivity contribution in [3.8, 4) is 5.75 Å². The molecule has 0 heterocycles. The number of hydrogen-bond acceptors (Lipinski definition) is 7. The average molecular weight is 351 g/mol. The van der Waals surface area contributed by atoms with E-state index in [0.717, 1.165) is 0 Å².